The Labute approximate surface area is 273 Å². The van der Waals surface area contributed by atoms with Crippen LogP contribution in [0.3, 0.4) is 0 Å². The molecular formula is C44H30N2O. The van der Waals surface area contributed by atoms with Crippen LogP contribution in [0.4, 0.5) is 5.69 Å². The van der Waals surface area contributed by atoms with Crippen molar-refractivity contribution in [2.24, 2.45) is 0 Å². The van der Waals surface area contributed by atoms with E-state index in [0.717, 1.165) is 56.0 Å². The van der Waals surface area contributed by atoms with E-state index in [1.54, 1.807) is 0 Å². The summed E-state index contributed by atoms with van der Waals surface area (Å²) in [7, 11) is 0. The monoisotopic (exact) mass is 602 g/mol. The molecule has 9 rings (SSSR count). The molecule has 0 spiro atoms. The van der Waals surface area contributed by atoms with Gasteiger partial charge in [-0.2, -0.15) is 0 Å². The second-order valence-electron chi connectivity index (χ2n) is 12.0. The minimum absolute atomic E-state index is 0.514. The third-order valence-corrected chi connectivity index (χ3v) is 9.14. The van der Waals surface area contributed by atoms with Crippen molar-refractivity contribution >= 4 is 27.2 Å². The van der Waals surface area contributed by atoms with Crippen molar-refractivity contribution in [3.63, 3.8) is 0 Å². The molecule has 1 aliphatic rings. The molecule has 3 heteroatoms. The number of nitrogens with one attached hydrogen (secondary N) is 1. The second kappa shape index (κ2) is 11.3. The van der Waals surface area contributed by atoms with E-state index in [1.165, 1.54) is 32.8 Å². The van der Waals surface area contributed by atoms with E-state index >= 15 is 0 Å². The zero-order chi connectivity index (χ0) is 31.2. The Morgan fingerprint density at radius 3 is 2.04 bits per heavy atom. The molecular weight excluding hydrogens is 572 g/mol. The first-order chi connectivity index (χ1) is 23.3. The molecule has 2 heterocycles. The Balaban J connectivity index is 1.22. The van der Waals surface area contributed by atoms with Crippen LogP contribution in [-0.4, -0.2) is 11.7 Å². The lowest BCUT2D eigenvalue weighted by Crippen LogP contribution is -1.96. The van der Waals surface area contributed by atoms with Crippen molar-refractivity contribution in [2.45, 2.75) is 0 Å². The van der Waals surface area contributed by atoms with Crippen LogP contribution in [-0.2, 0) is 0 Å². The van der Waals surface area contributed by atoms with E-state index in [0.29, 0.717) is 6.73 Å². The van der Waals surface area contributed by atoms with Gasteiger partial charge in [0, 0.05) is 16.5 Å². The quantitative estimate of drug-likeness (QED) is 0.213. The predicted molar refractivity (Wildman–Crippen MR) is 196 cm³/mol. The Bertz CT molecular complexity index is 2450. The van der Waals surface area contributed by atoms with E-state index in [-0.39, 0.29) is 0 Å². The van der Waals surface area contributed by atoms with Crippen molar-refractivity contribution in [2.75, 3.05) is 12.0 Å². The minimum Gasteiger partial charge on any atom is -0.471 e. The number of anilines is 1. The van der Waals surface area contributed by atoms with E-state index in [9.17, 15) is 0 Å². The van der Waals surface area contributed by atoms with Crippen LogP contribution < -0.4 is 10.1 Å². The lowest BCUT2D eigenvalue weighted by molar-refractivity contribution is 0.372. The number of pyridine rings is 1. The average Bonchev–Trinajstić information content (AvgIpc) is 3.63. The maximum Gasteiger partial charge on any atom is 0.159 e. The van der Waals surface area contributed by atoms with Crippen molar-refractivity contribution in [1.29, 1.82) is 0 Å². The van der Waals surface area contributed by atoms with Gasteiger partial charge in [0.15, 0.2) is 6.73 Å². The molecule has 1 N–H and O–H groups in total. The van der Waals surface area contributed by atoms with E-state index in [4.69, 9.17) is 9.72 Å². The van der Waals surface area contributed by atoms with Gasteiger partial charge in [0.25, 0.3) is 0 Å². The fourth-order valence-corrected chi connectivity index (χ4v) is 6.85. The highest BCUT2D eigenvalue weighted by Gasteiger charge is 2.17. The summed E-state index contributed by atoms with van der Waals surface area (Å²) in [4.78, 5) is 5.27. The Hall–Kier alpha value is -6.19. The first kappa shape index (κ1) is 27.1. The Kier molecular flexibility index (Phi) is 6.53. The third kappa shape index (κ3) is 4.90. The smallest absolute Gasteiger partial charge is 0.159 e. The van der Waals surface area contributed by atoms with Gasteiger partial charge < -0.3 is 10.1 Å². The molecule has 0 saturated heterocycles. The van der Waals surface area contributed by atoms with E-state index in [2.05, 4.69) is 163 Å². The van der Waals surface area contributed by atoms with Crippen LogP contribution in [0, 0.1) is 0 Å². The zero-order valence-electron chi connectivity index (χ0n) is 25.7. The molecule has 1 aromatic heterocycles. The van der Waals surface area contributed by atoms with Crippen LogP contribution in [0.2, 0.25) is 0 Å². The molecule has 222 valence electrons. The van der Waals surface area contributed by atoms with Gasteiger partial charge in [0.05, 0.1) is 17.1 Å². The number of fused-ring (bicyclic) bond motifs is 3. The molecule has 0 fully saturated rings. The molecule has 47 heavy (non-hydrogen) atoms. The normalized spacial score (nSPS) is 12.1. The molecule has 3 nitrogen and oxygen atoms in total. The van der Waals surface area contributed by atoms with Gasteiger partial charge in [-0.25, -0.2) is 4.98 Å². The van der Waals surface area contributed by atoms with E-state index < -0.39 is 0 Å². The first-order valence-electron chi connectivity index (χ1n) is 16.0. The molecule has 0 bridgehead atoms. The summed E-state index contributed by atoms with van der Waals surface area (Å²) in [5.41, 5.74) is 12.2. The lowest BCUT2D eigenvalue weighted by atomic mass is 9.88. The molecule has 0 unspecified atom stereocenters. The summed E-state index contributed by atoms with van der Waals surface area (Å²) in [6, 6.07) is 58.4. The summed E-state index contributed by atoms with van der Waals surface area (Å²) in [6.45, 7) is 0.514. The van der Waals surface area contributed by atoms with Crippen LogP contribution in [0.15, 0.2) is 164 Å². The van der Waals surface area contributed by atoms with E-state index in [1.807, 2.05) is 6.07 Å². The summed E-state index contributed by atoms with van der Waals surface area (Å²) in [6.07, 6.45) is 0. The van der Waals surface area contributed by atoms with Crippen LogP contribution in [0.1, 0.15) is 0 Å². The summed E-state index contributed by atoms with van der Waals surface area (Å²) < 4.78 is 5.79. The molecule has 0 saturated carbocycles. The average molecular weight is 603 g/mol. The molecule has 0 atom stereocenters. The molecule has 0 radical (unpaired) electrons. The zero-order valence-corrected chi connectivity index (χ0v) is 25.7. The highest BCUT2D eigenvalue weighted by Crippen LogP contribution is 2.42. The topological polar surface area (TPSA) is 34.1 Å². The number of hydrogen-bond donors (Lipinski definition) is 1. The fraction of sp³-hybridized carbons (Fsp3) is 0.0227. The van der Waals surface area contributed by atoms with Gasteiger partial charge in [0.1, 0.15) is 5.75 Å². The molecule has 8 aromatic rings. The summed E-state index contributed by atoms with van der Waals surface area (Å²) in [5, 5.41) is 8.03. The van der Waals surface area contributed by atoms with Crippen LogP contribution in [0.5, 0.6) is 5.75 Å². The second-order valence-corrected chi connectivity index (χ2v) is 12.0. The highest BCUT2D eigenvalue weighted by atomic mass is 16.5. The standard InChI is InChI=1S/C44H30N2O/c1-2-11-30(12-3-1)41-26-34-13-5-7-19-39(34)44(46-41)36-17-9-16-35(25-36)43-37-18-6-4-10-29(37)20-22-38(43)33-15-8-14-31(24-33)32-21-23-40-42(27-32)47-28-45-40/h1-27,45H,28H2. The molecule has 7 aromatic carbocycles. The Morgan fingerprint density at radius 2 is 1.15 bits per heavy atom. The predicted octanol–water partition coefficient (Wildman–Crippen LogP) is 11.5. The number of benzene rings is 7. The number of nitrogens with zero attached hydrogens (tertiary/aromatic N) is 1. The maximum atomic E-state index is 5.79. The van der Waals surface area contributed by atoms with Gasteiger partial charge in [0.2, 0.25) is 0 Å². The molecule has 0 aliphatic carbocycles. The fourth-order valence-electron chi connectivity index (χ4n) is 6.85. The Morgan fingerprint density at radius 1 is 0.468 bits per heavy atom. The SMILES string of the molecule is c1ccc(-c2cc3ccccc3c(-c3cccc(-c4c(-c5cccc(-c6ccc7c(c6)OCN7)c5)ccc5ccccc45)c3)n2)cc1. The van der Waals surface area contributed by atoms with Crippen molar-refractivity contribution in [3.05, 3.63) is 164 Å². The van der Waals surface area contributed by atoms with Gasteiger partial charge >= 0.3 is 0 Å². The number of ether oxygens (including phenoxy) is 1. The lowest BCUT2D eigenvalue weighted by Gasteiger charge is -2.17. The van der Waals surface area contributed by atoms with Crippen molar-refractivity contribution in [1.82, 2.24) is 4.98 Å². The summed E-state index contributed by atoms with van der Waals surface area (Å²) >= 11 is 0. The number of aromatic nitrogens is 1. The van der Waals surface area contributed by atoms with Crippen LogP contribution >= 0.6 is 0 Å². The van der Waals surface area contributed by atoms with Gasteiger partial charge in [-0.1, -0.05) is 133 Å². The highest BCUT2D eigenvalue weighted by molar-refractivity contribution is 6.05. The summed E-state index contributed by atoms with van der Waals surface area (Å²) in [5.74, 6) is 0.897. The molecule has 1 aliphatic heterocycles. The minimum atomic E-state index is 0.514. The largest absolute Gasteiger partial charge is 0.471 e. The first-order valence-corrected chi connectivity index (χ1v) is 16.0. The maximum absolute atomic E-state index is 5.79. The van der Waals surface area contributed by atoms with Gasteiger partial charge in [-0.05, 0) is 79.9 Å². The van der Waals surface area contributed by atoms with Gasteiger partial charge in [-0.15, -0.1) is 0 Å². The van der Waals surface area contributed by atoms with Gasteiger partial charge in [-0.3, -0.25) is 0 Å². The van der Waals surface area contributed by atoms with Crippen molar-refractivity contribution < 1.29 is 4.74 Å². The number of rotatable bonds is 5. The number of hydrogen-bond acceptors (Lipinski definition) is 3. The van der Waals surface area contributed by atoms with Crippen LogP contribution in [0.25, 0.3) is 77.4 Å². The van der Waals surface area contributed by atoms with Crippen molar-refractivity contribution in [3.8, 4) is 61.6 Å². The molecule has 0 amide bonds. The third-order valence-electron chi connectivity index (χ3n) is 9.14.